The minimum Gasteiger partial charge on any atom is -0.508 e. The first-order valence-electron chi connectivity index (χ1n) is 12.5. The van der Waals surface area contributed by atoms with E-state index in [4.69, 9.17) is 5.73 Å². The van der Waals surface area contributed by atoms with Crippen molar-refractivity contribution >= 4 is 34.8 Å². The highest BCUT2D eigenvalue weighted by atomic mass is 19.1. The van der Waals surface area contributed by atoms with Gasteiger partial charge in [0.1, 0.15) is 22.8 Å². The molecule has 0 saturated heterocycles. The lowest BCUT2D eigenvalue weighted by Gasteiger charge is -2.50. The summed E-state index contributed by atoms with van der Waals surface area (Å²) in [5.41, 5.74) is 0.463. The van der Waals surface area contributed by atoms with Gasteiger partial charge in [-0.1, -0.05) is 6.92 Å². The van der Waals surface area contributed by atoms with Crippen molar-refractivity contribution in [1.82, 2.24) is 10.2 Å². The Labute approximate surface area is 223 Å². The summed E-state index contributed by atoms with van der Waals surface area (Å²) in [5, 5.41) is 49.6. The molecule has 4 atom stereocenters. The highest BCUT2D eigenvalue weighted by Crippen LogP contribution is 2.53. The van der Waals surface area contributed by atoms with E-state index in [9.17, 15) is 44.0 Å². The number of carbonyl (C=O) groups excluding carboxylic acids is 4. The molecule has 12 nitrogen and oxygen atoms in total. The normalized spacial score (nSPS) is 26.4. The maximum Gasteiger partial charge on any atom is 0.255 e. The van der Waals surface area contributed by atoms with Gasteiger partial charge in [0.15, 0.2) is 23.0 Å². The van der Waals surface area contributed by atoms with Crippen LogP contribution >= 0.6 is 0 Å². The number of nitrogens with two attached hydrogens (primary N) is 1. The maximum absolute atomic E-state index is 15.0. The highest BCUT2D eigenvalue weighted by Gasteiger charge is 2.64. The molecule has 0 bridgehead atoms. The SMILES string of the molecule is CCCNCC(=O)Nc1c(F)cc2c(c1O)C(O)=C1C(=O)C3(O)C(O)=C(C(N)=O)C(=O)[C@@H](N(C)C)C3CC1C2. The third-order valence-electron chi connectivity index (χ3n) is 7.64. The first kappa shape index (κ1) is 28.2. The zero-order valence-electron chi connectivity index (χ0n) is 21.7. The molecule has 1 fully saturated rings. The largest absolute Gasteiger partial charge is 0.508 e. The Balaban J connectivity index is 1.84. The number of hydrogen-bond donors (Lipinski definition) is 7. The second kappa shape index (κ2) is 10.1. The van der Waals surface area contributed by atoms with E-state index in [1.165, 1.54) is 19.0 Å². The van der Waals surface area contributed by atoms with Gasteiger partial charge in [-0.05, 0) is 57.5 Å². The number of aliphatic hydroxyl groups excluding tert-OH is 2. The number of primary amides is 1. The van der Waals surface area contributed by atoms with Crippen LogP contribution in [0.1, 0.15) is 30.9 Å². The van der Waals surface area contributed by atoms with Crippen molar-refractivity contribution in [2.24, 2.45) is 17.6 Å². The molecule has 13 heteroatoms. The topological polar surface area (TPSA) is 203 Å². The third kappa shape index (κ3) is 4.26. The van der Waals surface area contributed by atoms with Gasteiger partial charge in [-0.15, -0.1) is 0 Å². The fraction of sp³-hybridized carbons (Fsp3) is 0.462. The van der Waals surface area contributed by atoms with E-state index in [-0.39, 0.29) is 36.1 Å². The fourth-order valence-electron chi connectivity index (χ4n) is 5.95. The summed E-state index contributed by atoms with van der Waals surface area (Å²) in [4.78, 5) is 52.5. The van der Waals surface area contributed by atoms with Crippen LogP contribution in [0.4, 0.5) is 10.1 Å². The van der Waals surface area contributed by atoms with Crippen LogP contribution in [0.15, 0.2) is 23.0 Å². The average molecular weight is 547 g/mol. The van der Waals surface area contributed by atoms with E-state index >= 15 is 0 Å². The molecule has 0 aromatic heterocycles. The molecule has 1 aromatic rings. The molecule has 1 saturated carbocycles. The Hall–Kier alpha value is -3.81. The van der Waals surface area contributed by atoms with E-state index < -0.39 is 81.2 Å². The number of halogens is 1. The van der Waals surface area contributed by atoms with Gasteiger partial charge < -0.3 is 36.8 Å². The van der Waals surface area contributed by atoms with Gasteiger partial charge in [0.25, 0.3) is 5.91 Å². The summed E-state index contributed by atoms with van der Waals surface area (Å²) in [7, 11) is 2.99. The number of Topliss-reactive ketones (excluding diaryl/α,β-unsaturated/α-hetero) is 2. The monoisotopic (exact) mass is 546 g/mol. The van der Waals surface area contributed by atoms with Gasteiger partial charge in [-0.2, -0.15) is 0 Å². The predicted molar refractivity (Wildman–Crippen MR) is 136 cm³/mol. The third-order valence-corrected chi connectivity index (χ3v) is 7.64. The molecule has 4 rings (SSSR count). The van der Waals surface area contributed by atoms with Crippen molar-refractivity contribution in [2.45, 2.75) is 37.8 Å². The number of likely N-dealkylation sites (N-methyl/N-ethyl adjacent to an activating group) is 1. The molecule has 2 amide bonds. The van der Waals surface area contributed by atoms with Crippen LogP contribution in [-0.2, 0) is 25.6 Å². The minimum absolute atomic E-state index is 0.0642. The molecule has 3 aliphatic rings. The zero-order valence-corrected chi connectivity index (χ0v) is 21.7. The second-order valence-electron chi connectivity index (χ2n) is 10.3. The molecule has 0 radical (unpaired) electrons. The Kier molecular flexibility index (Phi) is 7.27. The summed E-state index contributed by atoms with van der Waals surface area (Å²) < 4.78 is 15.0. The standard InChI is InChI=1S/C26H31FN4O8/c1-4-5-29-9-14(32)30-18-13(27)8-11-6-10-7-12-19(31(2)3)22(35)17(25(28)38)24(37)26(12,39)23(36)16(10)20(33)15(11)21(18)34/h8,10,12,19,29,33-34,37,39H,4-7,9H2,1-3H3,(H2,28,38)(H,30,32)/t10?,12?,19-,26?/m0/s1. The number of ketones is 2. The number of benzene rings is 1. The summed E-state index contributed by atoms with van der Waals surface area (Å²) in [6.07, 6.45) is 0.575. The first-order chi connectivity index (χ1) is 18.3. The molecule has 0 aliphatic heterocycles. The van der Waals surface area contributed by atoms with Crippen molar-refractivity contribution in [2.75, 3.05) is 32.5 Å². The van der Waals surface area contributed by atoms with Crippen LogP contribution in [0, 0.1) is 17.7 Å². The summed E-state index contributed by atoms with van der Waals surface area (Å²) in [6, 6.07) is -0.188. The Morgan fingerprint density at radius 2 is 1.90 bits per heavy atom. The van der Waals surface area contributed by atoms with Gasteiger partial charge >= 0.3 is 0 Å². The number of amides is 2. The van der Waals surface area contributed by atoms with E-state index in [0.29, 0.717) is 6.54 Å². The Bertz CT molecular complexity index is 1350. The van der Waals surface area contributed by atoms with Crippen LogP contribution in [0.25, 0.3) is 5.76 Å². The van der Waals surface area contributed by atoms with Crippen molar-refractivity contribution in [3.05, 3.63) is 39.9 Å². The van der Waals surface area contributed by atoms with Gasteiger partial charge in [-0.25, -0.2) is 4.39 Å². The number of aromatic hydroxyl groups is 1. The number of hydrogen-bond acceptors (Lipinski definition) is 10. The molecular weight excluding hydrogens is 515 g/mol. The van der Waals surface area contributed by atoms with Crippen LogP contribution in [0.3, 0.4) is 0 Å². The lowest BCUT2D eigenvalue weighted by Crippen LogP contribution is -2.65. The molecule has 1 aromatic carbocycles. The van der Waals surface area contributed by atoms with Crippen molar-refractivity contribution < 1.29 is 44.0 Å². The summed E-state index contributed by atoms with van der Waals surface area (Å²) in [5.74, 6) is -9.84. The molecule has 0 heterocycles. The quantitative estimate of drug-likeness (QED) is 0.139. The average Bonchev–Trinajstić information content (AvgIpc) is 2.83. The van der Waals surface area contributed by atoms with Crippen LogP contribution in [0.5, 0.6) is 5.75 Å². The number of nitrogens with one attached hydrogen (secondary N) is 2. The molecule has 0 spiro atoms. The smallest absolute Gasteiger partial charge is 0.255 e. The van der Waals surface area contributed by atoms with Gasteiger partial charge in [0, 0.05) is 11.5 Å². The summed E-state index contributed by atoms with van der Waals surface area (Å²) >= 11 is 0. The minimum atomic E-state index is -2.78. The number of aliphatic hydroxyl groups is 3. The van der Waals surface area contributed by atoms with E-state index in [1.807, 2.05) is 6.92 Å². The first-order valence-corrected chi connectivity index (χ1v) is 12.5. The number of rotatable bonds is 7. The fourth-order valence-corrected chi connectivity index (χ4v) is 5.95. The molecule has 8 N–H and O–H groups in total. The van der Waals surface area contributed by atoms with Gasteiger partial charge in [-0.3, -0.25) is 24.1 Å². The van der Waals surface area contributed by atoms with Crippen LogP contribution in [0.2, 0.25) is 0 Å². The van der Waals surface area contributed by atoms with Crippen molar-refractivity contribution in [3.63, 3.8) is 0 Å². The molecular formula is C26H31FN4O8. The number of anilines is 1. The Morgan fingerprint density at radius 3 is 2.49 bits per heavy atom. The van der Waals surface area contributed by atoms with E-state index in [1.54, 1.807) is 0 Å². The van der Waals surface area contributed by atoms with Gasteiger partial charge in [0.05, 0.1) is 18.2 Å². The molecule has 39 heavy (non-hydrogen) atoms. The maximum atomic E-state index is 15.0. The number of fused-ring (bicyclic) bond motifs is 3. The zero-order chi connectivity index (χ0) is 29.0. The number of nitrogens with zero attached hydrogens (tertiary/aromatic N) is 1. The van der Waals surface area contributed by atoms with Crippen molar-refractivity contribution in [1.29, 1.82) is 0 Å². The molecule has 3 aliphatic carbocycles. The lowest BCUT2D eigenvalue weighted by molar-refractivity contribution is -0.153. The molecule has 3 unspecified atom stereocenters. The summed E-state index contributed by atoms with van der Waals surface area (Å²) in [6.45, 7) is 2.27. The van der Waals surface area contributed by atoms with E-state index in [2.05, 4.69) is 10.6 Å². The Morgan fingerprint density at radius 1 is 1.23 bits per heavy atom. The number of phenolic OH excluding ortho intramolecular Hbond substituents is 1. The lowest BCUT2D eigenvalue weighted by atomic mass is 9.57. The van der Waals surface area contributed by atoms with Gasteiger partial charge in [0.2, 0.25) is 11.7 Å². The highest BCUT2D eigenvalue weighted by molar-refractivity contribution is 6.24. The molecule has 210 valence electrons. The van der Waals surface area contributed by atoms with Crippen molar-refractivity contribution in [3.8, 4) is 5.75 Å². The number of phenols is 1. The second-order valence-corrected chi connectivity index (χ2v) is 10.3. The predicted octanol–water partition coefficient (Wildman–Crippen LogP) is 0.0412. The number of carbonyl (C=O) groups is 4. The van der Waals surface area contributed by atoms with E-state index in [0.717, 1.165) is 12.5 Å². The van der Waals surface area contributed by atoms with Crippen LogP contribution in [-0.4, -0.2) is 87.5 Å². The van der Waals surface area contributed by atoms with Crippen LogP contribution < -0.4 is 16.4 Å².